The number of anilines is 1. The summed E-state index contributed by atoms with van der Waals surface area (Å²) in [7, 11) is 0. The minimum absolute atomic E-state index is 0.0917. The van der Waals surface area contributed by atoms with Crippen molar-refractivity contribution in [3.63, 3.8) is 0 Å². The smallest absolute Gasteiger partial charge is 0.348 e. The van der Waals surface area contributed by atoms with Gasteiger partial charge in [-0.1, -0.05) is 20.8 Å². The number of aryl methyl sites for hydroxylation is 1. The zero-order valence-electron chi connectivity index (χ0n) is 12.2. The molecule has 1 aromatic rings. The Bertz CT molecular complexity index is 546. The highest BCUT2D eigenvalue weighted by molar-refractivity contribution is 7.18. The summed E-state index contributed by atoms with van der Waals surface area (Å²) in [5.74, 6) is 1.91. The minimum Gasteiger partial charge on any atom is -0.460 e. The number of ether oxygens (including phenoxy) is 1. The molecule has 0 radical (unpaired) electrons. The van der Waals surface area contributed by atoms with Gasteiger partial charge in [-0.15, -0.1) is 23.7 Å². The van der Waals surface area contributed by atoms with E-state index in [1.54, 1.807) is 13.0 Å². The molecule has 5 heteroatoms. The standard InChI is InChI=1S/C15H19NO3S/c1-6-7-8-19-13(17)12-10(2)9-11(20-12)16-14(18)15(3,4)5/h1,9H,7-8H2,2-5H3,(H,16,18). The first-order valence-electron chi connectivity index (χ1n) is 6.28. The highest BCUT2D eigenvalue weighted by Crippen LogP contribution is 2.29. The molecule has 108 valence electrons. The first-order chi connectivity index (χ1) is 9.25. The third-order valence-corrected chi connectivity index (χ3v) is 3.63. The number of carbonyl (C=O) groups is 2. The Kier molecular flexibility index (Phi) is 5.34. The Morgan fingerprint density at radius 1 is 1.45 bits per heavy atom. The van der Waals surface area contributed by atoms with Gasteiger partial charge in [0.05, 0.1) is 5.00 Å². The van der Waals surface area contributed by atoms with Crippen LogP contribution in [0.5, 0.6) is 0 Å². The van der Waals surface area contributed by atoms with Crippen LogP contribution in [0.4, 0.5) is 5.00 Å². The van der Waals surface area contributed by atoms with Crippen molar-refractivity contribution < 1.29 is 14.3 Å². The number of nitrogens with one attached hydrogen (secondary N) is 1. The van der Waals surface area contributed by atoms with Crippen molar-refractivity contribution in [2.24, 2.45) is 5.41 Å². The van der Waals surface area contributed by atoms with Crippen molar-refractivity contribution in [1.29, 1.82) is 0 Å². The SMILES string of the molecule is C#CCCOC(=O)c1sc(NC(=O)C(C)(C)C)cc1C. The molecular weight excluding hydrogens is 274 g/mol. The number of thiophene rings is 1. The summed E-state index contributed by atoms with van der Waals surface area (Å²) in [6.07, 6.45) is 5.49. The van der Waals surface area contributed by atoms with E-state index in [-0.39, 0.29) is 12.5 Å². The van der Waals surface area contributed by atoms with Crippen LogP contribution in [0.25, 0.3) is 0 Å². The number of terminal acetylenes is 1. The molecule has 1 rings (SSSR count). The number of hydrogen-bond donors (Lipinski definition) is 1. The Hall–Kier alpha value is -1.80. The molecule has 0 aliphatic rings. The minimum atomic E-state index is -0.481. The Morgan fingerprint density at radius 3 is 2.65 bits per heavy atom. The van der Waals surface area contributed by atoms with E-state index in [2.05, 4.69) is 11.2 Å². The van der Waals surface area contributed by atoms with Crippen LogP contribution < -0.4 is 5.32 Å². The van der Waals surface area contributed by atoms with Crippen LogP contribution >= 0.6 is 11.3 Å². The average Bonchev–Trinajstić information content (AvgIpc) is 2.69. The third-order valence-electron chi connectivity index (χ3n) is 2.50. The maximum Gasteiger partial charge on any atom is 0.348 e. The molecule has 1 heterocycles. The van der Waals surface area contributed by atoms with Crippen molar-refractivity contribution in [3.8, 4) is 12.3 Å². The van der Waals surface area contributed by atoms with Crippen molar-refractivity contribution in [2.45, 2.75) is 34.1 Å². The average molecular weight is 293 g/mol. The molecule has 0 aliphatic heterocycles. The maximum atomic E-state index is 11.9. The molecule has 0 aliphatic carbocycles. The van der Waals surface area contributed by atoms with Gasteiger partial charge in [-0.3, -0.25) is 4.79 Å². The van der Waals surface area contributed by atoms with E-state index in [0.717, 1.165) is 5.56 Å². The van der Waals surface area contributed by atoms with Crippen LogP contribution in [0.1, 0.15) is 42.4 Å². The summed E-state index contributed by atoms with van der Waals surface area (Å²) < 4.78 is 5.05. The van der Waals surface area contributed by atoms with Gasteiger partial charge in [0.15, 0.2) is 0 Å². The lowest BCUT2D eigenvalue weighted by Gasteiger charge is -2.16. The van der Waals surface area contributed by atoms with E-state index in [9.17, 15) is 9.59 Å². The van der Waals surface area contributed by atoms with Gasteiger partial charge in [0, 0.05) is 11.8 Å². The zero-order chi connectivity index (χ0) is 15.3. The highest BCUT2D eigenvalue weighted by Gasteiger charge is 2.23. The van der Waals surface area contributed by atoms with Gasteiger partial charge in [-0.2, -0.15) is 0 Å². The van der Waals surface area contributed by atoms with Crippen molar-refractivity contribution in [2.75, 3.05) is 11.9 Å². The molecule has 4 nitrogen and oxygen atoms in total. The van der Waals surface area contributed by atoms with Crippen LogP contribution in [0.3, 0.4) is 0 Å². The number of rotatable bonds is 4. The van der Waals surface area contributed by atoms with Crippen molar-refractivity contribution in [1.82, 2.24) is 0 Å². The first-order valence-corrected chi connectivity index (χ1v) is 7.10. The summed E-state index contributed by atoms with van der Waals surface area (Å²) >= 11 is 1.21. The van der Waals surface area contributed by atoms with Crippen molar-refractivity contribution >= 4 is 28.2 Å². The summed E-state index contributed by atoms with van der Waals surface area (Å²) in [5, 5.41) is 3.45. The molecule has 1 amide bonds. The van der Waals surface area contributed by atoms with Gasteiger partial charge in [0.2, 0.25) is 5.91 Å². The molecular formula is C15H19NO3S. The normalized spacial score (nSPS) is 10.8. The first kappa shape index (κ1) is 16.3. The zero-order valence-corrected chi connectivity index (χ0v) is 13.0. The molecule has 0 spiro atoms. The van der Waals surface area contributed by atoms with E-state index >= 15 is 0 Å². The number of esters is 1. The number of hydrogen-bond acceptors (Lipinski definition) is 4. The lowest BCUT2D eigenvalue weighted by Crippen LogP contribution is -2.27. The van der Waals surface area contributed by atoms with Crippen LogP contribution in [-0.2, 0) is 9.53 Å². The summed E-state index contributed by atoms with van der Waals surface area (Å²) in [5.41, 5.74) is 0.302. The molecule has 0 saturated heterocycles. The molecule has 1 N–H and O–H groups in total. The maximum absolute atomic E-state index is 11.9. The van der Waals surface area contributed by atoms with Gasteiger partial charge in [0.1, 0.15) is 11.5 Å². The number of carbonyl (C=O) groups excluding carboxylic acids is 2. The van der Waals surface area contributed by atoms with Gasteiger partial charge < -0.3 is 10.1 Å². The molecule has 0 saturated carbocycles. The van der Waals surface area contributed by atoms with Gasteiger partial charge in [-0.25, -0.2) is 4.79 Å². The van der Waals surface area contributed by atoms with Gasteiger partial charge >= 0.3 is 5.97 Å². The fourth-order valence-corrected chi connectivity index (χ4v) is 2.28. The second-order valence-electron chi connectivity index (χ2n) is 5.42. The van der Waals surface area contributed by atoms with Crippen LogP contribution in [0.2, 0.25) is 0 Å². The van der Waals surface area contributed by atoms with E-state index in [1.165, 1.54) is 11.3 Å². The Labute approximate surface area is 123 Å². The fourth-order valence-electron chi connectivity index (χ4n) is 1.31. The molecule has 0 atom stereocenters. The van der Waals surface area contributed by atoms with E-state index in [1.807, 2.05) is 20.8 Å². The molecule has 0 unspecified atom stereocenters. The fraction of sp³-hybridized carbons (Fsp3) is 0.467. The Balaban J connectivity index is 2.76. The van der Waals surface area contributed by atoms with Crippen LogP contribution in [-0.4, -0.2) is 18.5 Å². The topological polar surface area (TPSA) is 55.4 Å². The van der Waals surface area contributed by atoms with E-state index < -0.39 is 11.4 Å². The second kappa shape index (κ2) is 6.58. The highest BCUT2D eigenvalue weighted by atomic mass is 32.1. The third kappa shape index (κ3) is 4.39. The lowest BCUT2D eigenvalue weighted by molar-refractivity contribution is -0.123. The van der Waals surface area contributed by atoms with Gasteiger partial charge in [0.25, 0.3) is 0 Å². The van der Waals surface area contributed by atoms with Gasteiger partial charge in [-0.05, 0) is 18.6 Å². The van der Waals surface area contributed by atoms with E-state index in [0.29, 0.717) is 16.3 Å². The molecule has 0 bridgehead atoms. The predicted octanol–water partition coefficient (Wildman–Crippen LogP) is 3.22. The Morgan fingerprint density at radius 2 is 2.10 bits per heavy atom. The summed E-state index contributed by atoms with van der Waals surface area (Å²) in [6.45, 7) is 7.50. The molecule has 0 aromatic carbocycles. The van der Waals surface area contributed by atoms with Crippen LogP contribution in [0.15, 0.2) is 6.07 Å². The molecule has 0 fully saturated rings. The molecule has 20 heavy (non-hydrogen) atoms. The summed E-state index contributed by atoms with van der Waals surface area (Å²) in [6, 6.07) is 1.77. The molecule has 1 aromatic heterocycles. The second-order valence-corrected chi connectivity index (χ2v) is 6.47. The van der Waals surface area contributed by atoms with Crippen molar-refractivity contribution in [3.05, 3.63) is 16.5 Å². The number of amides is 1. The monoisotopic (exact) mass is 293 g/mol. The van der Waals surface area contributed by atoms with E-state index in [4.69, 9.17) is 11.2 Å². The quantitative estimate of drug-likeness (QED) is 0.527. The summed E-state index contributed by atoms with van der Waals surface area (Å²) in [4.78, 5) is 24.2. The largest absolute Gasteiger partial charge is 0.460 e. The predicted molar refractivity (Wildman–Crippen MR) is 80.9 cm³/mol. The van der Waals surface area contributed by atoms with Crippen LogP contribution in [0, 0.1) is 24.7 Å². The lowest BCUT2D eigenvalue weighted by atomic mass is 9.96.